The molecule has 0 fully saturated rings. The van der Waals surface area contributed by atoms with Crippen molar-refractivity contribution in [2.24, 2.45) is 0 Å². The topological polar surface area (TPSA) is 51.8 Å². The molecule has 0 atom stereocenters. The van der Waals surface area contributed by atoms with Crippen LogP contribution in [0.15, 0.2) is 34.9 Å². The number of nitrogens with zero attached hydrogens (tertiary/aromatic N) is 3. The lowest BCUT2D eigenvalue weighted by atomic mass is 10.1. The van der Waals surface area contributed by atoms with Crippen molar-refractivity contribution in [3.63, 3.8) is 0 Å². The molecular formula is C12H8ClN3O. The molecule has 0 saturated carbocycles. The summed E-state index contributed by atoms with van der Waals surface area (Å²) in [7, 11) is 0. The van der Waals surface area contributed by atoms with Crippen LogP contribution < -0.4 is 0 Å². The third-order valence-electron chi connectivity index (χ3n) is 2.57. The SMILES string of the molecule is Cc1noc2c(-c3ccccc3)nnc(Cl)c12. The van der Waals surface area contributed by atoms with Crippen LogP contribution in [0.5, 0.6) is 0 Å². The molecule has 0 aliphatic carbocycles. The molecule has 0 saturated heterocycles. The summed E-state index contributed by atoms with van der Waals surface area (Å²) in [5, 5.41) is 13.0. The lowest BCUT2D eigenvalue weighted by Crippen LogP contribution is -1.89. The molecular weight excluding hydrogens is 238 g/mol. The van der Waals surface area contributed by atoms with E-state index in [1.807, 2.05) is 37.3 Å². The number of benzene rings is 1. The van der Waals surface area contributed by atoms with Crippen molar-refractivity contribution >= 4 is 22.6 Å². The highest BCUT2D eigenvalue weighted by Gasteiger charge is 2.16. The Morgan fingerprint density at radius 3 is 2.65 bits per heavy atom. The van der Waals surface area contributed by atoms with Gasteiger partial charge in [-0.25, -0.2) is 0 Å². The average Bonchev–Trinajstić information content (AvgIpc) is 2.74. The Kier molecular flexibility index (Phi) is 2.30. The maximum absolute atomic E-state index is 5.99. The predicted octanol–water partition coefficient (Wildman–Crippen LogP) is 3.25. The van der Waals surface area contributed by atoms with Gasteiger partial charge in [-0.1, -0.05) is 47.1 Å². The van der Waals surface area contributed by atoms with E-state index < -0.39 is 0 Å². The summed E-state index contributed by atoms with van der Waals surface area (Å²) in [5.41, 5.74) is 2.88. The highest BCUT2D eigenvalue weighted by atomic mass is 35.5. The highest BCUT2D eigenvalue weighted by molar-refractivity contribution is 6.34. The number of aromatic nitrogens is 3. The van der Waals surface area contributed by atoms with Gasteiger partial charge in [0.1, 0.15) is 5.69 Å². The molecule has 0 aliphatic rings. The summed E-state index contributed by atoms with van der Waals surface area (Å²) in [6.07, 6.45) is 0. The lowest BCUT2D eigenvalue weighted by Gasteiger charge is -2.00. The molecule has 0 radical (unpaired) electrons. The molecule has 2 heterocycles. The molecule has 0 bridgehead atoms. The molecule has 3 aromatic rings. The van der Waals surface area contributed by atoms with E-state index in [0.717, 1.165) is 16.6 Å². The number of fused-ring (bicyclic) bond motifs is 1. The minimum atomic E-state index is 0.318. The zero-order chi connectivity index (χ0) is 11.8. The fraction of sp³-hybridized carbons (Fsp3) is 0.0833. The Bertz CT molecular complexity index is 679. The molecule has 0 N–H and O–H groups in total. The zero-order valence-corrected chi connectivity index (χ0v) is 9.77. The standard InChI is InChI=1S/C12H8ClN3O/c1-7-9-11(17-16-7)10(14-15-12(9)13)8-5-3-2-4-6-8/h2-6H,1H3. The van der Waals surface area contributed by atoms with Gasteiger partial charge in [0.15, 0.2) is 10.7 Å². The maximum atomic E-state index is 5.99. The molecule has 5 heteroatoms. The molecule has 0 aliphatic heterocycles. The number of halogens is 1. The van der Waals surface area contributed by atoms with Gasteiger partial charge in [0.2, 0.25) is 0 Å². The smallest absolute Gasteiger partial charge is 0.198 e. The number of hydrogen-bond donors (Lipinski definition) is 0. The predicted molar refractivity (Wildman–Crippen MR) is 64.8 cm³/mol. The lowest BCUT2D eigenvalue weighted by molar-refractivity contribution is 0.450. The van der Waals surface area contributed by atoms with Gasteiger partial charge in [-0.15, -0.1) is 10.2 Å². The number of aryl methyl sites for hydroxylation is 1. The van der Waals surface area contributed by atoms with E-state index in [1.54, 1.807) is 0 Å². The van der Waals surface area contributed by atoms with Crippen molar-refractivity contribution < 1.29 is 4.52 Å². The Hall–Kier alpha value is -1.94. The van der Waals surface area contributed by atoms with E-state index in [-0.39, 0.29) is 0 Å². The Labute approximate surface area is 102 Å². The second kappa shape index (κ2) is 3.82. The normalized spacial score (nSPS) is 10.9. The van der Waals surface area contributed by atoms with Gasteiger partial charge in [0.25, 0.3) is 0 Å². The molecule has 84 valence electrons. The van der Waals surface area contributed by atoms with Gasteiger partial charge in [-0.05, 0) is 6.92 Å². The van der Waals surface area contributed by atoms with Crippen molar-refractivity contribution in [3.05, 3.63) is 41.2 Å². The first-order valence-electron chi connectivity index (χ1n) is 5.11. The second-order valence-electron chi connectivity index (χ2n) is 3.68. The monoisotopic (exact) mass is 245 g/mol. The molecule has 2 aromatic heterocycles. The van der Waals surface area contributed by atoms with Crippen molar-refractivity contribution in [2.45, 2.75) is 6.92 Å². The van der Waals surface area contributed by atoms with E-state index >= 15 is 0 Å². The maximum Gasteiger partial charge on any atom is 0.198 e. The van der Waals surface area contributed by atoms with E-state index in [4.69, 9.17) is 16.1 Å². The van der Waals surface area contributed by atoms with Crippen LogP contribution in [-0.2, 0) is 0 Å². The van der Waals surface area contributed by atoms with Crippen LogP contribution >= 0.6 is 11.6 Å². The van der Waals surface area contributed by atoms with Crippen LogP contribution in [0.25, 0.3) is 22.2 Å². The molecule has 0 unspecified atom stereocenters. The van der Waals surface area contributed by atoms with Crippen LogP contribution in [0.2, 0.25) is 5.15 Å². The van der Waals surface area contributed by atoms with Crippen molar-refractivity contribution in [1.29, 1.82) is 0 Å². The fourth-order valence-corrected chi connectivity index (χ4v) is 2.01. The molecule has 3 rings (SSSR count). The van der Waals surface area contributed by atoms with Crippen molar-refractivity contribution in [2.75, 3.05) is 0 Å². The molecule has 4 nitrogen and oxygen atoms in total. The first-order valence-corrected chi connectivity index (χ1v) is 5.49. The Balaban J connectivity index is 2.36. The Morgan fingerprint density at radius 1 is 1.12 bits per heavy atom. The van der Waals surface area contributed by atoms with E-state index in [9.17, 15) is 0 Å². The van der Waals surface area contributed by atoms with Crippen LogP contribution in [-0.4, -0.2) is 15.4 Å². The van der Waals surface area contributed by atoms with Gasteiger partial charge in [0.05, 0.1) is 11.1 Å². The first kappa shape index (κ1) is 10.2. The summed E-state index contributed by atoms with van der Waals surface area (Å²) in [4.78, 5) is 0. The summed E-state index contributed by atoms with van der Waals surface area (Å²) < 4.78 is 5.28. The van der Waals surface area contributed by atoms with Crippen molar-refractivity contribution in [3.8, 4) is 11.3 Å². The second-order valence-corrected chi connectivity index (χ2v) is 4.04. The molecule has 0 amide bonds. The van der Waals surface area contributed by atoms with Crippen LogP contribution in [0.3, 0.4) is 0 Å². The quantitative estimate of drug-likeness (QED) is 0.660. The van der Waals surface area contributed by atoms with Gasteiger partial charge in [-0.3, -0.25) is 0 Å². The third-order valence-corrected chi connectivity index (χ3v) is 2.83. The van der Waals surface area contributed by atoms with Crippen LogP contribution in [0, 0.1) is 6.92 Å². The zero-order valence-electron chi connectivity index (χ0n) is 9.01. The number of hydrogen-bond acceptors (Lipinski definition) is 4. The van der Waals surface area contributed by atoms with Crippen molar-refractivity contribution in [1.82, 2.24) is 15.4 Å². The van der Waals surface area contributed by atoms with Gasteiger partial charge in [-0.2, -0.15) is 0 Å². The molecule has 1 aromatic carbocycles. The minimum Gasteiger partial charge on any atom is -0.353 e. The van der Waals surface area contributed by atoms with Gasteiger partial charge >= 0.3 is 0 Å². The largest absolute Gasteiger partial charge is 0.353 e. The first-order chi connectivity index (χ1) is 8.27. The van der Waals surface area contributed by atoms with Crippen LogP contribution in [0.4, 0.5) is 0 Å². The minimum absolute atomic E-state index is 0.318. The highest BCUT2D eigenvalue weighted by Crippen LogP contribution is 2.31. The van der Waals surface area contributed by atoms with E-state index in [1.165, 1.54) is 0 Å². The van der Waals surface area contributed by atoms with Gasteiger partial charge in [0, 0.05) is 5.56 Å². The van der Waals surface area contributed by atoms with E-state index in [0.29, 0.717) is 16.4 Å². The summed E-state index contributed by atoms with van der Waals surface area (Å²) in [5.74, 6) is 0. The van der Waals surface area contributed by atoms with Crippen LogP contribution in [0.1, 0.15) is 5.69 Å². The van der Waals surface area contributed by atoms with Gasteiger partial charge < -0.3 is 4.52 Å². The van der Waals surface area contributed by atoms with E-state index in [2.05, 4.69) is 15.4 Å². The Morgan fingerprint density at radius 2 is 1.88 bits per heavy atom. The molecule has 0 spiro atoms. The summed E-state index contributed by atoms with van der Waals surface area (Å²) in [6, 6.07) is 9.68. The third kappa shape index (κ3) is 1.57. The fourth-order valence-electron chi connectivity index (χ4n) is 1.75. The average molecular weight is 246 g/mol. The molecule has 17 heavy (non-hydrogen) atoms. The summed E-state index contributed by atoms with van der Waals surface area (Å²) in [6.45, 7) is 1.83. The number of rotatable bonds is 1. The summed E-state index contributed by atoms with van der Waals surface area (Å²) >= 11 is 5.99.